The van der Waals surface area contributed by atoms with E-state index >= 15 is 0 Å². The average Bonchev–Trinajstić information content (AvgIpc) is 2.78. The predicted molar refractivity (Wildman–Crippen MR) is 147 cm³/mol. The van der Waals surface area contributed by atoms with Crippen LogP contribution in [0.1, 0.15) is 187 Å². The Morgan fingerprint density at radius 3 is 0.688 bits per heavy atom. The fraction of sp³-hybridized carbons (Fsp3) is 1.00. The molecule has 0 bridgehead atoms. The summed E-state index contributed by atoms with van der Waals surface area (Å²) >= 11 is 0. The molecule has 0 saturated heterocycles. The molecule has 0 aliphatic rings. The molecule has 0 aliphatic heterocycles. The monoisotopic (exact) mass is 453 g/mol. The van der Waals surface area contributed by atoms with Gasteiger partial charge in [0, 0.05) is 0 Å². The van der Waals surface area contributed by atoms with Crippen molar-refractivity contribution in [2.45, 2.75) is 193 Å². The van der Waals surface area contributed by atoms with Gasteiger partial charge in [-0.15, -0.1) is 0 Å². The lowest BCUT2D eigenvalue weighted by molar-refractivity contribution is 0.510. The molecule has 0 radical (unpaired) electrons. The summed E-state index contributed by atoms with van der Waals surface area (Å²) in [5.74, 6) is 0. The van der Waals surface area contributed by atoms with E-state index in [0.717, 1.165) is 6.42 Å². The van der Waals surface area contributed by atoms with E-state index < -0.39 is 0 Å². The number of rotatable bonds is 28. The smallest absolute Gasteiger partial charge is 0.0520 e. The van der Waals surface area contributed by atoms with Crippen LogP contribution in [-0.2, 0) is 0 Å². The molecule has 0 amide bonds. The van der Waals surface area contributed by atoms with Crippen LogP contribution in [0.3, 0.4) is 0 Å². The van der Waals surface area contributed by atoms with Gasteiger partial charge < -0.3 is 11.5 Å². The van der Waals surface area contributed by atoms with Crippen LogP contribution in [0.4, 0.5) is 0 Å². The molecule has 2 heteroatoms. The zero-order chi connectivity index (χ0) is 23.4. The normalized spacial score (nSPS) is 11.6. The molecule has 0 aromatic rings. The van der Waals surface area contributed by atoms with Gasteiger partial charge in [0.15, 0.2) is 0 Å². The second kappa shape index (κ2) is 29.0. The zero-order valence-electron chi connectivity index (χ0n) is 22.5. The molecular weight excluding hydrogens is 388 g/mol. The number of hydrogen-bond acceptors (Lipinski definition) is 2. The Labute approximate surface area is 204 Å². The summed E-state index contributed by atoms with van der Waals surface area (Å²) in [6, 6.07) is 0. The maximum Gasteiger partial charge on any atom is 0.0520 e. The van der Waals surface area contributed by atoms with Gasteiger partial charge >= 0.3 is 0 Å². The summed E-state index contributed by atoms with van der Waals surface area (Å²) in [4.78, 5) is 0. The number of hydrogen-bond donors (Lipinski definition) is 2. The fourth-order valence-corrected chi connectivity index (χ4v) is 4.87. The van der Waals surface area contributed by atoms with Gasteiger partial charge in [-0.25, -0.2) is 0 Å². The van der Waals surface area contributed by atoms with E-state index in [1.54, 1.807) is 0 Å². The molecule has 0 unspecified atom stereocenters. The highest BCUT2D eigenvalue weighted by atomic mass is 14.8. The third-order valence-corrected chi connectivity index (χ3v) is 7.14. The lowest BCUT2D eigenvalue weighted by Crippen LogP contribution is -2.29. The highest BCUT2D eigenvalue weighted by Gasteiger charge is 1.97. The zero-order valence-corrected chi connectivity index (χ0v) is 22.5. The lowest BCUT2D eigenvalue weighted by Gasteiger charge is -2.05. The maximum atomic E-state index is 5.57. The highest BCUT2D eigenvalue weighted by Crippen LogP contribution is 2.16. The molecule has 0 aliphatic carbocycles. The summed E-state index contributed by atoms with van der Waals surface area (Å²) in [5, 5.41) is 0. The van der Waals surface area contributed by atoms with Crippen molar-refractivity contribution >= 4 is 0 Å². The minimum absolute atomic E-state index is 0.103. The lowest BCUT2D eigenvalue weighted by atomic mass is 10.0. The van der Waals surface area contributed by atoms with Gasteiger partial charge in [-0.2, -0.15) is 0 Å². The standard InChI is InChI=1S/C30H64N2/c1-2-3-4-5-6-7-8-9-10-11-12-13-14-15-16-17-18-19-20-21-22-23-24-25-26-27-28-29-30(31)32/h30H,2-29,31-32H2,1H3. The van der Waals surface area contributed by atoms with Crippen molar-refractivity contribution in [1.29, 1.82) is 0 Å². The van der Waals surface area contributed by atoms with Crippen molar-refractivity contribution in [2.24, 2.45) is 11.5 Å². The van der Waals surface area contributed by atoms with Crippen LogP contribution in [0.15, 0.2) is 0 Å². The van der Waals surface area contributed by atoms with E-state index in [2.05, 4.69) is 6.92 Å². The van der Waals surface area contributed by atoms with E-state index in [-0.39, 0.29) is 6.17 Å². The van der Waals surface area contributed by atoms with Gasteiger partial charge in [0.05, 0.1) is 6.17 Å². The van der Waals surface area contributed by atoms with Crippen molar-refractivity contribution in [1.82, 2.24) is 0 Å². The van der Waals surface area contributed by atoms with Crippen LogP contribution in [0.2, 0.25) is 0 Å². The molecule has 0 fully saturated rings. The van der Waals surface area contributed by atoms with Crippen LogP contribution in [0.25, 0.3) is 0 Å². The van der Waals surface area contributed by atoms with E-state index in [1.807, 2.05) is 0 Å². The third kappa shape index (κ3) is 29.9. The number of nitrogens with two attached hydrogens (primary N) is 2. The van der Waals surface area contributed by atoms with Crippen LogP contribution in [-0.4, -0.2) is 6.17 Å². The summed E-state index contributed by atoms with van der Waals surface area (Å²) in [6.45, 7) is 2.30. The van der Waals surface area contributed by atoms with Crippen LogP contribution in [0.5, 0.6) is 0 Å². The van der Waals surface area contributed by atoms with Gasteiger partial charge in [-0.1, -0.05) is 180 Å². The summed E-state index contributed by atoms with van der Waals surface area (Å²) < 4.78 is 0. The molecule has 0 atom stereocenters. The first-order valence-corrected chi connectivity index (χ1v) is 15.3. The van der Waals surface area contributed by atoms with Gasteiger partial charge in [0.25, 0.3) is 0 Å². The largest absolute Gasteiger partial charge is 0.316 e. The average molecular weight is 453 g/mol. The topological polar surface area (TPSA) is 52.0 Å². The molecule has 32 heavy (non-hydrogen) atoms. The van der Waals surface area contributed by atoms with E-state index in [4.69, 9.17) is 11.5 Å². The third-order valence-electron chi connectivity index (χ3n) is 7.14. The maximum absolute atomic E-state index is 5.57. The second-order valence-electron chi connectivity index (χ2n) is 10.6. The van der Waals surface area contributed by atoms with Crippen molar-refractivity contribution in [3.8, 4) is 0 Å². The SMILES string of the molecule is CCCCCCCCCCCCCCCCCCCCCCCCCCCCCC(N)N. The predicted octanol–water partition coefficient (Wildman–Crippen LogP) is 10.2. The van der Waals surface area contributed by atoms with Crippen LogP contribution in [0, 0.1) is 0 Å². The Bertz CT molecular complexity index is 316. The molecule has 0 aromatic carbocycles. The Kier molecular flexibility index (Phi) is 28.9. The minimum atomic E-state index is -0.103. The van der Waals surface area contributed by atoms with Crippen LogP contribution < -0.4 is 11.5 Å². The van der Waals surface area contributed by atoms with Crippen LogP contribution >= 0.6 is 0 Å². The van der Waals surface area contributed by atoms with Crippen molar-refractivity contribution < 1.29 is 0 Å². The molecule has 4 N–H and O–H groups in total. The molecule has 0 heterocycles. The van der Waals surface area contributed by atoms with Crippen molar-refractivity contribution in [3.63, 3.8) is 0 Å². The summed E-state index contributed by atoms with van der Waals surface area (Å²) in [7, 11) is 0. The fourth-order valence-electron chi connectivity index (χ4n) is 4.87. The Hall–Kier alpha value is -0.0800. The van der Waals surface area contributed by atoms with E-state index in [0.29, 0.717) is 0 Å². The highest BCUT2D eigenvalue weighted by molar-refractivity contribution is 4.54. The molecule has 0 spiro atoms. The van der Waals surface area contributed by atoms with Gasteiger partial charge in [-0.05, 0) is 6.42 Å². The summed E-state index contributed by atoms with van der Waals surface area (Å²) in [5.41, 5.74) is 11.1. The van der Waals surface area contributed by atoms with Gasteiger partial charge in [-0.3, -0.25) is 0 Å². The Morgan fingerprint density at radius 2 is 0.500 bits per heavy atom. The van der Waals surface area contributed by atoms with Gasteiger partial charge in [0.2, 0.25) is 0 Å². The molecule has 2 nitrogen and oxygen atoms in total. The van der Waals surface area contributed by atoms with E-state index in [1.165, 1.54) is 173 Å². The first-order valence-electron chi connectivity index (χ1n) is 15.3. The second-order valence-corrected chi connectivity index (χ2v) is 10.6. The Balaban J connectivity index is 3.00. The van der Waals surface area contributed by atoms with Crippen molar-refractivity contribution in [2.75, 3.05) is 0 Å². The molecule has 0 saturated carbocycles. The molecule has 0 aromatic heterocycles. The first kappa shape index (κ1) is 31.9. The molecule has 194 valence electrons. The minimum Gasteiger partial charge on any atom is -0.316 e. The van der Waals surface area contributed by atoms with E-state index in [9.17, 15) is 0 Å². The first-order chi connectivity index (χ1) is 15.8. The Morgan fingerprint density at radius 1 is 0.312 bits per heavy atom. The number of unbranched alkanes of at least 4 members (excludes halogenated alkanes) is 26. The quantitative estimate of drug-likeness (QED) is 0.0915. The summed E-state index contributed by atoms with van der Waals surface area (Å²) in [6.07, 6.45) is 39.9. The molecule has 0 rings (SSSR count). The molecular formula is C30H64N2. The van der Waals surface area contributed by atoms with Gasteiger partial charge in [0.1, 0.15) is 0 Å². The van der Waals surface area contributed by atoms with Crippen molar-refractivity contribution in [3.05, 3.63) is 0 Å².